The molecule has 1 aliphatic rings. The molecule has 0 spiro atoms. The number of sulfonamides is 1. The highest BCUT2D eigenvalue weighted by Gasteiger charge is 2.21. The second-order valence-corrected chi connectivity index (χ2v) is 7.60. The molecule has 1 aromatic carbocycles. The maximum atomic E-state index is 12.2. The maximum absolute atomic E-state index is 12.2. The molecule has 6 nitrogen and oxygen atoms in total. The summed E-state index contributed by atoms with van der Waals surface area (Å²) >= 11 is 1.83. The fourth-order valence-corrected chi connectivity index (χ4v) is 4.37. The molecule has 8 heteroatoms. The average molecular weight is 331 g/mol. The first-order valence-corrected chi connectivity index (χ1v) is 9.16. The van der Waals surface area contributed by atoms with E-state index in [9.17, 15) is 13.2 Å². The van der Waals surface area contributed by atoms with Gasteiger partial charge in [-0.3, -0.25) is 0 Å². The SMILES string of the molecule is O=C(O)COc1ccc(S(=O)(=O)NC2CCSCC2)cc1. The number of nitrogens with one attached hydrogen (secondary N) is 1. The van der Waals surface area contributed by atoms with Gasteiger partial charge in [0.1, 0.15) is 5.75 Å². The van der Waals surface area contributed by atoms with E-state index in [1.807, 2.05) is 11.8 Å². The largest absolute Gasteiger partial charge is 0.482 e. The third-order valence-electron chi connectivity index (χ3n) is 3.04. The van der Waals surface area contributed by atoms with Crippen molar-refractivity contribution in [1.82, 2.24) is 4.72 Å². The minimum atomic E-state index is -3.54. The summed E-state index contributed by atoms with van der Waals surface area (Å²) in [5.41, 5.74) is 0. The number of hydrogen-bond acceptors (Lipinski definition) is 5. The Morgan fingerprint density at radius 2 is 1.90 bits per heavy atom. The molecule has 0 aromatic heterocycles. The predicted molar refractivity (Wildman–Crippen MR) is 80.2 cm³/mol. The highest BCUT2D eigenvalue weighted by molar-refractivity contribution is 7.99. The van der Waals surface area contributed by atoms with E-state index in [0.29, 0.717) is 5.75 Å². The van der Waals surface area contributed by atoms with E-state index < -0.39 is 22.6 Å². The van der Waals surface area contributed by atoms with E-state index in [1.54, 1.807) is 0 Å². The lowest BCUT2D eigenvalue weighted by Crippen LogP contribution is -2.37. The standard InChI is InChI=1S/C13H17NO5S2/c15-13(16)9-19-11-1-3-12(4-2-11)21(17,18)14-10-5-7-20-8-6-10/h1-4,10,14H,5-9H2,(H,15,16). The molecule has 0 saturated carbocycles. The Balaban J connectivity index is 2.00. The number of carboxylic acid groups (broad SMARTS) is 1. The molecule has 2 rings (SSSR count). The normalized spacial score (nSPS) is 16.6. The van der Waals surface area contributed by atoms with Gasteiger partial charge in [-0.25, -0.2) is 17.9 Å². The second-order valence-electron chi connectivity index (χ2n) is 4.66. The van der Waals surface area contributed by atoms with Gasteiger partial charge >= 0.3 is 5.97 Å². The quantitative estimate of drug-likeness (QED) is 0.817. The van der Waals surface area contributed by atoms with Gasteiger partial charge in [0.15, 0.2) is 6.61 Å². The van der Waals surface area contributed by atoms with Crippen molar-refractivity contribution in [3.8, 4) is 5.75 Å². The summed E-state index contributed by atoms with van der Waals surface area (Å²) < 4.78 is 32.1. The molecule has 0 unspecified atom stereocenters. The van der Waals surface area contributed by atoms with Crippen LogP contribution in [-0.4, -0.2) is 43.6 Å². The number of ether oxygens (including phenoxy) is 1. The van der Waals surface area contributed by atoms with Crippen molar-refractivity contribution in [2.45, 2.75) is 23.8 Å². The number of carboxylic acids is 1. The Bertz CT molecular complexity index is 579. The Hall–Kier alpha value is -1.25. The molecule has 0 radical (unpaired) electrons. The average Bonchev–Trinajstić information content (AvgIpc) is 2.46. The van der Waals surface area contributed by atoms with Crippen LogP contribution < -0.4 is 9.46 Å². The van der Waals surface area contributed by atoms with Gasteiger partial charge in [-0.05, 0) is 48.6 Å². The van der Waals surface area contributed by atoms with Gasteiger partial charge in [-0.15, -0.1) is 0 Å². The zero-order valence-corrected chi connectivity index (χ0v) is 13.0. The van der Waals surface area contributed by atoms with Crippen molar-refractivity contribution in [3.63, 3.8) is 0 Å². The van der Waals surface area contributed by atoms with Gasteiger partial charge in [-0.1, -0.05) is 0 Å². The van der Waals surface area contributed by atoms with E-state index in [0.717, 1.165) is 24.3 Å². The summed E-state index contributed by atoms with van der Waals surface area (Å²) in [6, 6.07) is 5.72. The molecule has 1 saturated heterocycles. The summed E-state index contributed by atoms with van der Waals surface area (Å²) in [7, 11) is -3.54. The molecule has 116 valence electrons. The molecule has 21 heavy (non-hydrogen) atoms. The molecule has 0 amide bonds. The molecule has 0 bridgehead atoms. The van der Waals surface area contributed by atoms with Crippen molar-refractivity contribution in [2.24, 2.45) is 0 Å². The number of rotatable bonds is 6. The lowest BCUT2D eigenvalue weighted by molar-refractivity contribution is -0.139. The monoisotopic (exact) mass is 331 g/mol. The summed E-state index contributed by atoms with van der Waals surface area (Å²) in [5.74, 6) is 1.18. The van der Waals surface area contributed by atoms with Crippen LogP contribution in [0.1, 0.15) is 12.8 Å². The Kier molecular flexibility index (Phi) is 5.49. The topological polar surface area (TPSA) is 92.7 Å². The predicted octanol–water partition coefficient (Wildman–Crippen LogP) is 1.32. The van der Waals surface area contributed by atoms with Crippen LogP contribution in [0.4, 0.5) is 0 Å². The van der Waals surface area contributed by atoms with Crippen LogP contribution in [0, 0.1) is 0 Å². The number of thioether (sulfide) groups is 1. The van der Waals surface area contributed by atoms with Crippen LogP contribution >= 0.6 is 11.8 Å². The molecule has 0 aliphatic carbocycles. The fraction of sp³-hybridized carbons (Fsp3) is 0.462. The van der Waals surface area contributed by atoms with Crippen LogP contribution in [0.3, 0.4) is 0 Å². The minimum absolute atomic E-state index is 0.0146. The number of carbonyl (C=O) groups is 1. The lowest BCUT2D eigenvalue weighted by atomic mass is 10.2. The zero-order valence-electron chi connectivity index (χ0n) is 11.3. The first-order valence-electron chi connectivity index (χ1n) is 6.52. The van der Waals surface area contributed by atoms with Crippen molar-refractivity contribution >= 4 is 27.8 Å². The van der Waals surface area contributed by atoms with Crippen molar-refractivity contribution in [2.75, 3.05) is 18.1 Å². The molecule has 1 heterocycles. The Morgan fingerprint density at radius 1 is 1.29 bits per heavy atom. The van der Waals surface area contributed by atoms with Gasteiger partial charge in [0.2, 0.25) is 10.0 Å². The van der Waals surface area contributed by atoms with E-state index in [2.05, 4.69) is 4.72 Å². The van der Waals surface area contributed by atoms with Crippen LogP contribution in [0.15, 0.2) is 29.2 Å². The minimum Gasteiger partial charge on any atom is -0.482 e. The molecular formula is C13H17NO5S2. The summed E-state index contributed by atoms with van der Waals surface area (Å²) in [6.07, 6.45) is 1.67. The number of benzene rings is 1. The van der Waals surface area contributed by atoms with Crippen LogP contribution in [0.25, 0.3) is 0 Å². The van der Waals surface area contributed by atoms with Gasteiger partial charge in [0, 0.05) is 6.04 Å². The van der Waals surface area contributed by atoms with Crippen molar-refractivity contribution in [3.05, 3.63) is 24.3 Å². The van der Waals surface area contributed by atoms with Gasteiger partial charge in [-0.2, -0.15) is 11.8 Å². The third-order valence-corrected chi connectivity index (χ3v) is 5.62. The highest BCUT2D eigenvalue weighted by Crippen LogP contribution is 2.20. The van der Waals surface area contributed by atoms with E-state index >= 15 is 0 Å². The zero-order chi connectivity index (χ0) is 15.3. The van der Waals surface area contributed by atoms with Crippen LogP contribution in [-0.2, 0) is 14.8 Å². The molecular weight excluding hydrogens is 314 g/mol. The smallest absolute Gasteiger partial charge is 0.341 e. The molecule has 2 N–H and O–H groups in total. The summed E-state index contributed by atoms with van der Waals surface area (Å²) in [5, 5.41) is 8.51. The van der Waals surface area contributed by atoms with Crippen LogP contribution in [0.5, 0.6) is 5.75 Å². The number of hydrogen-bond donors (Lipinski definition) is 2. The lowest BCUT2D eigenvalue weighted by Gasteiger charge is -2.22. The van der Waals surface area contributed by atoms with Gasteiger partial charge in [0.05, 0.1) is 4.90 Å². The fourth-order valence-electron chi connectivity index (χ4n) is 1.96. The van der Waals surface area contributed by atoms with E-state index in [4.69, 9.17) is 9.84 Å². The maximum Gasteiger partial charge on any atom is 0.341 e. The third kappa shape index (κ3) is 4.90. The van der Waals surface area contributed by atoms with Crippen molar-refractivity contribution < 1.29 is 23.1 Å². The highest BCUT2D eigenvalue weighted by atomic mass is 32.2. The van der Waals surface area contributed by atoms with Crippen LogP contribution in [0.2, 0.25) is 0 Å². The molecule has 1 aliphatic heterocycles. The summed E-state index contributed by atoms with van der Waals surface area (Å²) in [4.78, 5) is 10.5. The Labute approximate surface area is 127 Å². The molecule has 1 fully saturated rings. The summed E-state index contributed by atoms with van der Waals surface area (Å²) in [6.45, 7) is -0.454. The first kappa shape index (κ1) is 16.1. The first-order chi connectivity index (χ1) is 9.97. The van der Waals surface area contributed by atoms with Gasteiger partial charge < -0.3 is 9.84 Å². The molecule has 0 atom stereocenters. The molecule has 1 aromatic rings. The van der Waals surface area contributed by atoms with Gasteiger partial charge in [0.25, 0.3) is 0 Å². The Morgan fingerprint density at radius 3 is 2.48 bits per heavy atom. The second kappa shape index (κ2) is 7.15. The van der Waals surface area contributed by atoms with E-state index in [-0.39, 0.29) is 10.9 Å². The van der Waals surface area contributed by atoms with E-state index in [1.165, 1.54) is 24.3 Å². The van der Waals surface area contributed by atoms with Crippen molar-refractivity contribution in [1.29, 1.82) is 0 Å². The number of aliphatic carboxylic acids is 1.